The molecule has 1 aromatic rings. The summed E-state index contributed by atoms with van der Waals surface area (Å²) >= 11 is 0. The van der Waals surface area contributed by atoms with Crippen LogP contribution in [0.25, 0.3) is 0 Å². The number of amidine groups is 1. The molecule has 0 unspecified atom stereocenters. The predicted octanol–water partition coefficient (Wildman–Crippen LogP) is -0.0234. The zero-order valence-corrected chi connectivity index (χ0v) is 10.5. The Morgan fingerprint density at radius 1 is 1.63 bits per heavy atom. The maximum atomic E-state index is 10.4. The van der Waals surface area contributed by atoms with E-state index in [-0.39, 0.29) is 0 Å². The van der Waals surface area contributed by atoms with Crippen LogP contribution in [0.3, 0.4) is 0 Å². The van der Waals surface area contributed by atoms with E-state index in [1.165, 1.54) is 7.11 Å². The van der Waals surface area contributed by atoms with Crippen molar-refractivity contribution in [2.45, 2.75) is 12.8 Å². The summed E-state index contributed by atoms with van der Waals surface area (Å²) in [4.78, 5) is 15.0. The SMILES string of the molecule is CO/N=C(/CCc1ccc(N(N)O)c(N)c1)NC=O. The molecule has 1 amide bonds. The molecule has 0 aliphatic heterocycles. The van der Waals surface area contributed by atoms with Gasteiger partial charge in [-0.25, -0.2) is 5.84 Å². The van der Waals surface area contributed by atoms with Crippen molar-refractivity contribution in [2.75, 3.05) is 18.0 Å². The normalized spacial score (nSPS) is 11.0. The number of aryl methyl sites for hydroxylation is 1. The Morgan fingerprint density at radius 2 is 2.37 bits per heavy atom. The Bertz CT molecular complexity index is 462. The van der Waals surface area contributed by atoms with Crippen molar-refractivity contribution in [1.29, 1.82) is 0 Å². The van der Waals surface area contributed by atoms with Crippen molar-refractivity contribution in [2.24, 2.45) is 11.0 Å². The molecule has 0 aliphatic rings. The molecule has 19 heavy (non-hydrogen) atoms. The van der Waals surface area contributed by atoms with E-state index in [0.717, 1.165) is 5.56 Å². The summed E-state index contributed by atoms with van der Waals surface area (Å²) in [6.07, 6.45) is 1.62. The number of carbonyl (C=O) groups is 1. The first-order valence-corrected chi connectivity index (χ1v) is 5.50. The minimum Gasteiger partial charge on any atom is -0.398 e. The molecule has 0 saturated heterocycles. The van der Waals surface area contributed by atoms with Crippen LogP contribution in [0.5, 0.6) is 0 Å². The van der Waals surface area contributed by atoms with Gasteiger partial charge in [-0.05, 0) is 24.1 Å². The number of nitrogens with two attached hydrogens (primary N) is 2. The summed E-state index contributed by atoms with van der Waals surface area (Å²) in [6.45, 7) is 0. The van der Waals surface area contributed by atoms with Crippen LogP contribution in [0.15, 0.2) is 23.4 Å². The number of nitrogens with one attached hydrogen (secondary N) is 1. The van der Waals surface area contributed by atoms with E-state index < -0.39 is 0 Å². The van der Waals surface area contributed by atoms with Gasteiger partial charge < -0.3 is 15.9 Å². The molecule has 0 heterocycles. The molecule has 0 spiro atoms. The second-order valence-electron chi connectivity index (χ2n) is 3.72. The molecule has 6 N–H and O–H groups in total. The number of hydrazine groups is 1. The van der Waals surface area contributed by atoms with Gasteiger partial charge in [-0.1, -0.05) is 11.2 Å². The van der Waals surface area contributed by atoms with E-state index in [0.29, 0.717) is 41.6 Å². The number of hydrogen-bond acceptors (Lipinski definition) is 7. The van der Waals surface area contributed by atoms with E-state index in [2.05, 4.69) is 15.3 Å². The van der Waals surface area contributed by atoms with Crippen LogP contribution in [0.2, 0.25) is 0 Å². The molecular formula is C11H17N5O3. The first kappa shape index (κ1) is 14.7. The van der Waals surface area contributed by atoms with E-state index in [1.807, 2.05) is 0 Å². The van der Waals surface area contributed by atoms with E-state index in [4.69, 9.17) is 16.8 Å². The number of nitrogen functional groups attached to an aromatic ring is 1. The summed E-state index contributed by atoms with van der Waals surface area (Å²) in [5.41, 5.74) is 7.33. The highest BCUT2D eigenvalue weighted by atomic mass is 16.6. The van der Waals surface area contributed by atoms with Gasteiger partial charge in [-0.3, -0.25) is 10.0 Å². The largest absolute Gasteiger partial charge is 0.398 e. The fraction of sp³-hybridized carbons (Fsp3) is 0.273. The number of oxime groups is 1. The van der Waals surface area contributed by atoms with Crippen LogP contribution in [0.4, 0.5) is 11.4 Å². The van der Waals surface area contributed by atoms with Crippen molar-refractivity contribution in [1.82, 2.24) is 5.32 Å². The molecule has 0 aromatic heterocycles. The molecular weight excluding hydrogens is 250 g/mol. The summed E-state index contributed by atoms with van der Waals surface area (Å²) in [5, 5.41) is 15.7. The topological polar surface area (TPSA) is 126 Å². The van der Waals surface area contributed by atoms with Gasteiger partial charge >= 0.3 is 0 Å². The second kappa shape index (κ2) is 7.19. The Kier molecular flexibility index (Phi) is 5.58. The number of nitrogens with zero attached hydrogens (tertiary/aromatic N) is 2. The number of hydrogen-bond donors (Lipinski definition) is 4. The van der Waals surface area contributed by atoms with E-state index in [1.54, 1.807) is 18.2 Å². The number of amides is 1. The smallest absolute Gasteiger partial charge is 0.212 e. The van der Waals surface area contributed by atoms with Gasteiger partial charge in [0.15, 0.2) is 0 Å². The Labute approximate surface area is 110 Å². The first-order chi connectivity index (χ1) is 9.08. The molecule has 0 bridgehead atoms. The zero-order valence-electron chi connectivity index (χ0n) is 10.5. The molecule has 0 fully saturated rings. The number of anilines is 2. The molecule has 0 atom stereocenters. The van der Waals surface area contributed by atoms with Crippen LogP contribution < -0.4 is 22.1 Å². The van der Waals surface area contributed by atoms with E-state index in [9.17, 15) is 4.79 Å². The number of carbonyl (C=O) groups excluding carboxylic acids is 1. The van der Waals surface area contributed by atoms with Gasteiger partial charge in [0.2, 0.25) is 6.41 Å². The van der Waals surface area contributed by atoms with Crippen molar-refractivity contribution in [3.63, 3.8) is 0 Å². The third-order valence-electron chi connectivity index (χ3n) is 2.42. The quantitative estimate of drug-likeness (QED) is 0.143. The summed E-state index contributed by atoms with van der Waals surface area (Å²) in [5.74, 6) is 5.61. The molecule has 0 radical (unpaired) electrons. The Hall–Kier alpha value is -2.32. The van der Waals surface area contributed by atoms with Crippen molar-refractivity contribution < 1.29 is 14.8 Å². The molecule has 0 saturated carbocycles. The first-order valence-electron chi connectivity index (χ1n) is 5.50. The third kappa shape index (κ3) is 4.45. The standard InChI is InChI=1S/C11H17N5O3/c1-19-15-11(14-7-17)5-3-8-2-4-10(16(13)18)9(12)6-8/h2,4,6-7,18H,3,5,12-13H2,1H3,(H,14,15,17). The fourth-order valence-electron chi connectivity index (χ4n) is 1.55. The van der Waals surface area contributed by atoms with Crippen LogP contribution >= 0.6 is 0 Å². The Morgan fingerprint density at radius 3 is 2.89 bits per heavy atom. The average Bonchev–Trinajstić information content (AvgIpc) is 2.36. The average molecular weight is 267 g/mol. The minimum absolute atomic E-state index is 0.320. The summed E-state index contributed by atoms with van der Waals surface area (Å²) < 4.78 is 0. The molecule has 1 rings (SSSR count). The van der Waals surface area contributed by atoms with Crippen LogP contribution in [-0.2, 0) is 16.1 Å². The highest BCUT2D eigenvalue weighted by molar-refractivity contribution is 5.90. The monoisotopic (exact) mass is 267 g/mol. The van der Waals surface area contributed by atoms with Crippen LogP contribution in [0.1, 0.15) is 12.0 Å². The molecule has 104 valence electrons. The van der Waals surface area contributed by atoms with Gasteiger partial charge in [0.05, 0.1) is 5.69 Å². The maximum absolute atomic E-state index is 10.4. The zero-order chi connectivity index (χ0) is 14.3. The molecule has 8 heteroatoms. The van der Waals surface area contributed by atoms with Crippen LogP contribution in [0, 0.1) is 0 Å². The predicted molar refractivity (Wildman–Crippen MR) is 71.3 cm³/mol. The molecule has 8 nitrogen and oxygen atoms in total. The molecule has 1 aromatic carbocycles. The number of rotatable bonds is 6. The molecule has 0 aliphatic carbocycles. The lowest BCUT2D eigenvalue weighted by molar-refractivity contribution is -0.108. The number of benzene rings is 1. The van der Waals surface area contributed by atoms with Crippen molar-refractivity contribution in [3.05, 3.63) is 23.8 Å². The van der Waals surface area contributed by atoms with Crippen LogP contribution in [-0.4, -0.2) is 24.6 Å². The highest BCUT2D eigenvalue weighted by Crippen LogP contribution is 2.21. The lowest BCUT2D eigenvalue weighted by Crippen LogP contribution is -2.27. The fourth-order valence-corrected chi connectivity index (χ4v) is 1.55. The Balaban J connectivity index is 2.70. The van der Waals surface area contributed by atoms with E-state index >= 15 is 0 Å². The van der Waals surface area contributed by atoms with Gasteiger partial charge in [-0.15, -0.1) is 0 Å². The lowest BCUT2D eigenvalue weighted by atomic mass is 10.1. The van der Waals surface area contributed by atoms with Crippen molar-refractivity contribution in [3.8, 4) is 0 Å². The highest BCUT2D eigenvalue weighted by Gasteiger charge is 2.06. The van der Waals surface area contributed by atoms with Gasteiger partial charge in [0, 0.05) is 6.42 Å². The third-order valence-corrected chi connectivity index (χ3v) is 2.42. The lowest BCUT2D eigenvalue weighted by Gasteiger charge is -2.13. The second-order valence-corrected chi connectivity index (χ2v) is 3.72. The van der Waals surface area contributed by atoms with Gasteiger partial charge in [0.1, 0.15) is 18.6 Å². The van der Waals surface area contributed by atoms with Crippen molar-refractivity contribution >= 4 is 23.6 Å². The summed E-state index contributed by atoms with van der Waals surface area (Å²) in [7, 11) is 1.40. The summed E-state index contributed by atoms with van der Waals surface area (Å²) in [6, 6.07) is 5.06. The van der Waals surface area contributed by atoms with Gasteiger partial charge in [-0.2, -0.15) is 5.17 Å². The maximum Gasteiger partial charge on any atom is 0.212 e. The minimum atomic E-state index is 0.320. The van der Waals surface area contributed by atoms with Gasteiger partial charge in [0.25, 0.3) is 0 Å².